The van der Waals surface area contributed by atoms with Crippen molar-refractivity contribution >= 4 is 17.7 Å². The first-order valence-electron chi connectivity index (χ1n) is 5.08. The Bertz CT molecular complexity index is 349. The highest BCUT2D eigenvalue weighted by atomic mass is 32.2. The number of amides is 1. The highest BCUT2D eigenvalue weighted by molar-refractivity contribution is 7.99. The molecule has 0 bridgehead atoms. The van der Waals surface area contributed by atoms with Gasteiger partial charge in [-0.05, 0) is 37.7 Å². The standard InChI is InChI=1S/C12H17NOS/c1-9-5-6-10(2)11(8-9)15-7-3-4-12(13)14/h5-6,8H,3-4,7H2,1-2H3,(H2,13,14). The predicted molar refractivity (Wildman–Crippen MR) is 65.1 cm³/mol. The van der Waals surface area contributed by atoms with Crippen molar-refractivity contribution < 1.29 is 4.79 Å². The minimum atomic E-state index is -0.212. The molecule has 0 radical (unpaired) electrons. The molecule has 1 aromatic carbocycles. The summed E-state index contributed by atoms with van der Waals surface area (Å²) in [6.07, 6.45) is 1.34. The number of hydrogen-bond donors (Lipinski definition) is 1. The summed E-state index contributed by atoms with van der Waals surface area (Å²) < 4.78 is 0. The van der Waals surface area contributed by atoms with Gasteiger partial charge in [-0.25, -0.2) is 0 Å². The monoisotopic (exact) mass is 223 g/mol. The molecule has 1 aromatic rings. The van der Waals surface area contributed by atoms with Crippen LogP contribution in [0.15, 0.2) is 23.1 Å². The maximum Gasteiger partial charge on any atom is 0.217 e. The zero-order valence-electron chi connectivity index (χ0n) is 9.25. The Kier molecular flexibility index (Phi) is 4.69. The van der Waals surface area contributed by atoms with Gasteiger partial charge in [-0.2, -0.15) is 0 Å². The topological polar surface area (TPSA) is 43.1 Å². The Morgan fingerprint density at radius 2 is 2.13 bits per heavy atom. The van der Waals surface area contributed by atoms with E-state index < -0.39 is 0 Å². The molecule has 0 spiro atoms. The maximum atomic E-state index is 10.5. The van der Waals surface area contributed by atoms with Gasteiger partial charge in [-0.3, -0.25) is 4.79 Å². The van der Waals surface area contributed by atoms with E-state index in [1.54, 1.807) is 11.8 Å². The maximum absolute atomic E-state index is 10.5. The lowest BCUT2D eigenvalue weighted by Gasteiger charge is -2.05. The van der Waals surface area contributed by atoms with Gasteiger partial charge in [0.15, 0.2) is 0 Å². The molecule has 0 atom stereocenters. The molecule has 0 heterocycles. The van der Waals surface area contributed by atoms with Gasteiger partial charge in [0.2, 0.25) is 5.91 Å². The van der Waals surface area contributed by atoms with E-state index in [4.69, 9.17) is 5.73 Å². The lowest BCUT2D eigenvalue weighted by Crippen LogP contribution is -2.09. The molecule has 2 N–H and O–H groups in total. The molecule has 0 saturated heterocycles. The summed E-state index contributed by atoms with van der Waals surface area (Å²) in [6, 6.07) is 6.43. The van der Waals surface area contributed by atoms with E-state index in [2.05, 4.69) is 32.0 Å². The van der Waals surface area contributed by atoms with Crippen molar-refractivity contribution in [1.29, 1.82) is 0 Å². The van der Waals surface area contributed by atoms with Crippen molar-refractivity contribution in [1.82, 2.24) is 0 Å². The molecule has 82 valence electrons. The van der Waals surface area contributed by atoms with Crippen molar-refractivity contribution in [2.75, 3.05) is 5.75 Å². The van der Waals surface area contributed by atoms with Crippen molar-refractivity contribution in [2.45, 2.75) is 31.6 Å². The SMILES string of the molecule is Cc1ccc(C)c(SCCCC(N)=O)c1. The molecule has 0 aromatic heterocycles. The van der Waals surface area contributed by atoms with Crippen LogP contribution in [0.25, 0.3) is 0 Å². The van der Waals surface area contributed by atoms with E-state index in [1.165, 1.54) is 16.0 Å². The van der Waals surface area contributed by atoms with Crippen molar-refractivity contribution in [2.24, 2.45) is 5.73 Å². The summed E-state index contributed by atoms with van der Waals surface area (Å²) in [4.78, 5) is 11.8. The van der Waals surface area contributed by atoms with Gasteiger partial charge in [0, 0.05) is 11.3 Å². The Balaban J connectivity index is 2.43. The van der Waals surface area contributed by atoms with Crippen molar-refractivity contribution in [3.8, 4) is 0 Å². The first-order valence-corrected chi connectivity index (χ1v) is 6.06. The third-order valence-electron chi connectivity index (χ3n) is 2.17. The molecule has 15 heavy (non-hydrogen) atoms. The van der Waals surface area contributed by atoms with E-state index in [0.717, 1.165) is 12.2 Å². The summed E-state index contributed by atoms with van der Waals surface area (Å²) in [7, 11) is 0. The number of primary amides is 1. The van der Waals surface area contributed by atoms with Crippen LogP contribution in [0.2, 0.25) is 0 Å². The van der Waals surface area contributed by atoms with Gasteiger partial charge in [0.25, 0.3) is 0 Å². The van der Waals surface area contributed by atoms with Gasteiger partial charge in [0.1, 0.15) is 0 Å². The molecule has 2 nitrogen and oxygen atoms in total. The molecule has 0 aliphatic carbocycles. The van der Waals surface area contributed by atoms with Crippen LogP contribution in [0.3, 0.4) is 0 Å². The number of benzene rings is 1. The lowest BCUT2D eigenvalue weighted by atomic mass is 10.2. The van der Waals surface area contributed by atoms with Crippen molar-refractivity contribution in [3.05, 3.63) is 29.3 Å². The minimum absolute atomic E-state index is 0.212. The molecule has 0 aliphatic heterocycles. The number of aryl methyl sites for hydroxylation is 2. The van der Waals surface area contributed by atoms with Crippen molar-refractivity contribution in [3.63, 3.8) is 0 Å². The number of thioether (sulfide) groups is 1. The second-order valence-corrected chi connectivity index (χ2v) is 4.82. The first kappa shape index (κ1) is 12.1. The normalized spacial score (nSPS) is 10.3. The van der Waals surface area contributed by atoms with Gasteiger partial charge in [0.05, 0.1) is 0 Å². The fourth-order valence-corrected chi connectivity index (χ4v) is 2.36. The van der Waals surface area contributed by atoms with E-state index in [1.807, 2.05) is 0 Å². The van der Waals surface area contributed by atoms with E-state index in [0.29, 0.717) is 6.42 Å². The Hall–Kier alpha value is -0.960. The molecular formula is C12H17NOS. The van der Waals surface area contributed by atoms with Crippen LogP contribution in [-0.4, -0.2) is 11.7 Å². The summed E-state index contributed by atoms with van der Waals surface area (Å²) in [5.74, 6) is 0.740. The predicted octanol–water partition coefficient (Wildman–Crippen LogP) is 2.66. The largest absolute Gasteiger partial charge is 0.370 e. The molecule has 1 amide bonds. The molecule has 0 aliphatic rings. The second kappa shape index (κ2) is 5.81. The van der Waals surface area contributed by atoms with Gasteiger partial charge < -0.3 is 5.73 Å². The minimum Gasteiger partial charge on any atom is -0.370 e. The highest BCUT2D eigenvalue weighted by Crippen LogP contribution is 2.24. The highest BCUT2D eigenvalue weighted by Gasteiger charge is 2.00. The molecule has 0 saturated carbocycles. The zero-order chi connectivity index (χ0) is 11.3. The quantitative estimate of drug-likeness (QED) is 0.616. The molecule has 0 unspecified atom stereocenters. The van der Waals surface area contributed by atoms with Gasteiger partial charge >= 0.3 is 0 Å². The Morgan fingerprint density at radius 3 is 2.80 bits per heavy atom. The average molecular weight is 223 g/mol. The van der Waals surface area contributed by atoms with Crippen LogP contribution in [0.4, 0.5) is 0 Å². The van der Waals surface area contributed by atoms with Crippen LogP contribution in [0, 0.1) is 13.8 Å². The number of nitrogens with two attached hydrogens (primary N) is 1. The summed E-state index contributed by atoms with van der Waals surface area (Å²) in [5, 5.41) is 0. The van der Waals surface area contributed by atoms with Crippen LogP contribution in [-0.2, 0) is 4.79 Å². The Morgan fingerprint density at radius 1 is 1.40 bits per heavy atom. The smallest absolute Gasteiger partial charge is 0.217 e. The summed E-state index contributed by atoms with van der Waals surface area (Å²) in [5.41, 5.74) is 7.65. The molecule has 0 fully saturated rings. The third kappa shape index (κ3) is 4.38. The summed E-state index contributed by atoms with van der Waals surface area (Å²) >= 11 is 1.80. The molecule has 3 heteroatoms. The summed E-state index contributed by atoms with van der Waals surface area (Å²) in [6.45, 7) is 4.20. The van der Waals surface area contributed by atoms with Crippen LogP contribution >= 0.6 is 11.8 Å². The third-order valence-corrected chi connectivity index (χ3v) is 3.41. The number of carbonyl (C=O) groups is 1. The van der Waals surface area contributed by atoms with Crippen LogP contribution in [0.1, 0.15) is 24.0 Å². The van der Waals surface area contributed by atoms with Gasteiger partial charge in [-0.1, -0.05) is 17.7 Å². The molecular weight excluding hydrogens is 206 g/mol. The second-order valence-electron chi connectivity index (χ2n) is 3.69. The first-order chi connectivity index (χ1) is 7.09. The van der Waals surface area contributed by atoms with Gasteiger partial charge in [-0.15, -0.1) is 11.8 Å². The number of rotatable bonds is 5. The molecule has 1 rings (SSSR count). The number of hydrogen-bond acceptors (Lipinski definition) is 2. The van der Waals surface area contributed by atoms with Crippen LogP contribution in [0.5, 0.6) is 0 Å². The fraction of sp³-hybridized carbons (Fsp3) is 0.417. The average Bonchev–Trinajstić information content (AvgIpc) is 2.17. The lowest BCUT2D eigenvalue weighted by molar-refractivity contribution is -0.118. The number of carbonyl (C=O) groups excluding carboxylic acids is 1. The van der Waals surface area contributed by atoms with Crippen LogP contribution < -0.4 is 5.73 Å². The van der Waals surface area contributed by atoms with E-state index in [-0.39, 0.29) is 5.91 Å². The Labute approximate surface area is 95.2 Å². The zero-order valence-corrected chi connectivity index (χ0v) is 10.1. The van der Waals surface area contributed by atoms with E-state index in [9.17, 15) is 4.79 Å². The fourth-order valence-electron chi connectivity index (χ4n) is 1.29. The van der Waals surface area contributed by atoms with E-state index >= 15 is 0 Å².